The molecule has 6 nitrogen and oxygen atoms in total. The first kappa shape index (κ1) is 21.6. The van der Waals surface area contributed by atoms with Gasteiger partial charge in [0.25, 0.3) is 5.91 Å². The fourth-order valence-corrected chi connectivity index (χ4v) is 4.43. The van der Waals surface area contributed by atoms with Crippen molar-refractivity contribution in [2.24, 2.45) is 5.73 Å². The quantitative estimate of drug-likeness (QED) is 0.491. The molecule has 2 aromatic carbocycles. The maximum atomic E-state index is 12.3. The molecule has 30 heavy (non-hydrogen) atoms. The zero-order valence-electron chi connectivity index (χ0n) is 16.3. The lowest BCUT2D eigenvalue weighted by Crippen LogP contribution is -2.19. The molecule has 0 fully saturated rings. The molecule has 3 rings (SSSR count). The zero-order chi connectivity index (χ0) is 21.5. The summed E-state index contributed by atoms with van der Waals surface area (Å²) in [6.07, 6.45) is 0. The number of amides is 3. The van der Waals surface area contributed by atoms with E-state index in [2.05, 4.69) is 10.6 Å². The van der Waals surface area contributed by atoms with Crippen LogP contribution in [0.5, 0.6) is 0 Å². The molecule has 0 saturated carbocycles. The number of rotatable bonds is 8. The Labute approximate surface area is 182 Å². The van der Waals surface area contributed by atoms with Gasteiger partial charge in [0.15, 0.2) is 0 Å². The number of thioether (sulfide) groups is 1. The third-order valence-corrected chi connectivity index (χ3v) is 6.11. The van der Waals surface area contributed by atoms with Crippen LogP contribution in [0.4, 0.5) is 10.7 Å². The number of benzene rings is 2. The zero-order valence-corrected chi connectivity index (χ0v) is 17.9. The Bertz CT molecular complexity index is 1060. The average molecular weight is 440 g/mol. The number of thiophene rings is 1. The summed E-state index contributed by atoms with van der Waals surface area (Å²) < 4.78 is 0. The van der Waals surface area contributed by atoms with E-state index in [9.17, 15) is 14.4 Å². The van der Waals surface area contributed by atoms with Gasteiger partial charge in [0, 0.05) is 10.6 Å². The standard InChI is InChI=1S/C22H21N3O3S2/c1-14-6-5-9-16(10-14)24-19(26)12-29-13-20(27)25-22-17(21(23)28)11-18(30-22)15-7-3-2-4-8-15/h2-11H,12-13H2,1H3,(H2,23,28)(H,24,26)(H,25,27). The number of anilines is 2. The molecule has 1 aromatic heterocycles. The van der Waals surface area contributed by atoms with E-state index < -0.39 is 5.91 Å². The van der Waals surface area contributed by atoms with Crippen molar-refractivity contribution in [2.75, 3.05) is 22.1 Å². The molecule has 0 aliphatic heterocycles. The lowest BCUT2D eigenvalue weighted by Gasteiger charge is -2.06. The second kappa shape index (κ2) is 10.1. The summed E-state index contributed by atoms with van der Waals surface area (Å²) in [7, 11) is 0. The Balaban J connectivity index is 1.55. The van der Waals surface area contributed by atoms with Crippen LogP contribution >= 0.6 is 23.1 Å². The van der Waals surface area contributed by atoms with Crippen molar-refractivity contribution in [2.45, 2.75) is 6.92 Å². The maximum Gasteiger partial charge on any atom is 0.251 e. The summed E-state index contributed by atoms with van der Waals surface area (Å²) in [5.74, 6) is -0.859. The van der Waals surface area contributed by atoms with Crippen molar-refractivity contribution >= 4 is 51.5 Å². The van der Waals surface area contributed by atoms with Crippen molar-refractivity contribution in [3.63, 3.8) is 0 Å². The highest BCUT2D eigenvalue weighted by Gasteiger charge is 2.17. The number of carbonyl (C=O) groups excluding carboxylic acids is 3. The van der Waals surface area contributed by atoms with Crippen molar-refractivity contribution in [3.05, 3.63) is 71.8 Å². The number of carbonyl (C=O) groups is 3. The van der Waals surface area contributed by atoms with Gasteiger partial charge in [-0.2, -0.15) is 0 Å². The fourth-order valence-electron chi connectivity index (χ4n) is 2.73. The van der Waals surface area contributed by atoms with Crippen molar-refractivity contribution in [1.82, 2.24) is 0 Å². The molecule has 0 radical (unpaired) electrons. The van der Waals surface area contributed by atoms with Crippen LogP contribution < -0.4 is 16.4 Å². The Morgan fingerprint density at radius 2 is 1.63 bits per heavy atom. The summed E-state index contributed by atoms with van der Waals surface area (Å²) in [6, 6.07) is 18.7. The highest BCUT2D eigenvalue weighted by molar-refractivity contribution is 8.00. The van der Waals surface area contributed by atoms with Gasteiger partial charge < -0.3 is 16.4 Å². The Kier molecular flexibility index (Phi) is 7.26. The molecular formula is C22H21N3O3S2. The highest BCUT2D eigenvalue weighted by atomic mass is 32.2. The van der Waals surface area contributed by atoms with Gasteiger partial charge >= 0.3 is 0 Å². The van der Waals surface area contributed by atoms with Crippen LogP contribution in [0.2, 0.25) is 0 Å². The molecule has 0 saturated heterocycles. The minimum absolute atomic E-state index is 0.0814. The van der Waals surface area contributed by atoms with Gasteiger partial charge in [0.2, 0.25) is 11.8 Å². The van der Waals surface area contributed by atoms with Gasteiger partial charge in [-0.15, -0.1) is 23.1 Å². The van der Waals surface area contributed by atoms with Crippen molar-refractivity contribution < 1.29 is 14.4 Å². The normalized spacial score (nSPS) is 10.4. The summed E-state index contributed by atoms with van der Waals surface area (Å²) in [4.78, 5) is 37.0. The van der Waals surface area contributed by atoms with Gasteiger partial charge in [0.1, 0.15) is 5.00 Å². The van der Waals surface area contributed by atoms with Crippen molar-refractivity contribution in [3.8, 4) is 10.4 Å². The number of hydrogen-bond acceptors (Lipinski definition) is 5. The fraction of sp³-hybridized carbons (Fsp3) is 0.136. The smallest absolute Gasteiger partial charge is 0.251 e. The summed E-state index contributed by atoms with van der Waals surface area (Å²) in [6.45, 7) is 1.95. The molecule has 154 valence electrons. The summed E-state index contributed by atoms with van der Waals surface area (Å²) in [5, 5.41) is 5.95. The monoisotopic (exact) mass is 439 g/mol. The van der Waals surface area contributed by atoms with E-state index >= 15 is 0 Å². The minimum Gasteiger partial charge on any atom is -0.366 e. The SMILES string of the molecule is Cc1cccc(NC(=O)CSCC(=O)Nc2sc(-c3ccccc3)cc2C(N)=O)c1. The largest absolute Gasteiger partial charge is 0.366 e. The number of nitrogens with two attached hydrogens (primary N) is 1. The predicted octanol–water partition coefficient (Wildman–Crippen LogP) is 4.13. The molecule has 3 amide bonds. The second-order valence-corrected chi connectivity index (χ2v) is 8.58. The van der Waals surface area contributed by atoms with Crippen LogP contribution in [0.3, 0.4) is 0 Å². The first-order valence-electron chi connectivity index (χ1n) is 9.15. The van der Waals surface area contributed by atoms with Crippen LogP contribution in [0.25, 0.3) is 10.4 Å². The molecule has 8 heteroatoms. The molecular weight excluding hydrogens is 418 g/mol. The molecule has 3 aromatic rings. The summed E-state index contributed by atoms with van der Waals surface area (Å²) in [5.41, 5.74) is 8.45. The lowest BCUT2D eigenvalue weighted by molar-refractivity contribution is -0.114. The molecule has 0 aliphatic carbocycles. The lowest BCUT2D eigenvalue weighted by atomic mass is 10.1. The van der Waals surface area contributed by atoms with Gasteiger partial charge in [0.05, 0.1) is 17.1 Å². The topological polar surface area (TPSA) is 101 Å². The number of aryl methyl sites for hydroxylation is 1. The van der Waals surface area contributed by atoms with E-state index in [4.69, 9.17) is 5.73 Å². The van der Waals surface area contributed by atoms with Crippen molar-refractivity contribution in [1.29, 1.82) is 0 Å². The van der Waals surface area contributed by atoms with Gasteiger partial charge in [-0.3, -0.25) is 14.4 Å². The van der Waals surface area contributed by atoms with Crippen LogP contribution in [0.15, 0.2) is 60.7 Å². The molecule has 0 unspecified atom stereocenters. The third-order valence-electron chi connectivity index (χ3n) is 4.08. The van der Waals surface area contributed by atoms with Crippen LogP contribution in [-0.2, 0) is 9.59 Å². The predicted molar refractivity (Wildman–Crippen MR) is 124 cm³/mol. The molecule has 0 spiro atoms. The number of primary amides is 1. The number of nitrogens with one attached hydrogen (secondary N) is 2. The van der Waals surface area contributed by atoms with E-state index in [0.29, 0.717) is 5.00 Å². The van der Waals surface area contributed by atoms with E-state index in [0.717, 1.165) is 21.7 Å². The average Bonchev–Trinajstić information content (AvgIpc) is 3.12. The third kappa shape index (κ3) is 5.95. The van der Waals surface area contributed by atoms with E-state index in [1.165, 1.54) is 23.1 Å². The Morgan fingerprint density at radius 1 is 0.933 bits per heavy atom. The van der Waals surface area contributed by atoms with E-state index in [-0.39, 0.29) is 28.9 Å². The van der Waals surface area contributed by atoms with Crippen LogP contribution in [0, 0.1) is 6.92 Å². The number of hydrogen-bond donors (Lipinski definition) is 3. The highest BCUT2D eigenvalue weighted by Crippen LogP contribution is 2.35. The molecule has 0 aliphatic rings. The van der Waals surface area contributed by atoms with E-state index in [1.807, 2.05) is 61.5 Å². The van der Waals surface area contributed by atoms with Gasteiger partial charge in [-0.25, -0.2) is 0 Å². The summed E-state index contributed by atoms with van der Waals surface area (Å²) >= 11 is 2.48. The van der Waals surface area contributed by atoms with E-state index in [1.54, 1.807) is 6.07 Å². The van der Waals surface area contributed by atoms with Crippen LogP contribution in [-0.4, -0.2) is 29.2 Å². The first-order valence-corrected chi connectivity index (χ1v) is 11.1. The maximum absolute atomic E-state index is 12.3. The van der Waals surface area contributed by atoms with Gasteiger partial charge in [-0.05, 0) is 36.2 Å². The molecule has 0 bridgehead atoms. The van der Waals surface area contributed by atoms with Crippen LogP contribution in [0.1, 0.15) is 15.9 Å². The second-order valence-electron chi connectivity index (χ2n) is 6.54. The molecule has 1 heterocycles. The Morgan fingerprint density at radius 3 is 2.30 bits per heavy atom. The van der Waals surface area contributed by atoms with Gasteiger partial charge in [-0.1, -0.05) is 42.5 Å². The Hall–Kier alpha value is -3.10. The molecule has 4 N–H and O–H groups in total. The molecule has 0 atom stereocenters. The first-order chi connectivity index (χ1) is 14.4. The minimum atomic E-state index is -0.603.